The maximum absolute atomic E-state index is 14.0. The van der Waals surface area contributed by atoms with Crippen LogP contribution < -0.4 is 25.8 Å². The molecule has 2 aromatic carbocycles. The summed E-state index contributed by atoms with van der Waals surface area (Å²) in [6, 6.07) is 0.379. The van der Waals surface area contributed by atoms with Gasteiger partial charge in [0.25, 0.3) is 0 Å². The zero-order chi connectivity index (χ0) is 49.8. The van der Waals surface area contributed by atoms with E-state index in [0.717, 1.165) is 41.5 Å². The number of nitrogens with one attached hydrogen (secondary N) is 4. The van der Waals surface area contributed by atoms with Gasteiger partial charge < -0.3 is 50.9 Å². The number of phenols is 1. The number of likely N-dealkylation sites (N-methyl/N-ethyl adjacent to an activating group) is 2. The van der Waals surface area contributed by atoms with Gasteiger partial charge in [-0.3, -0.25) is 38.6 Å². The molecule has 9 N–H and O–H groups in total. The van der Waals surface area contributed by atoms with Gasteiger partial charge in [0.1, 0.15) is 41.7 Å². The molecule has 0 spiro atoms. The lowest BCUT2D eigenvalue weighted by atomic mass is 9.94. The summed E-state index contributed by atoms with van der Waals surface area (Å²) in [5, 5.41) is 40.5. The highest BCUT2D eigenvalue weighted by atomic mass is 31.2. The van der Waals surface area contributed by atoms with Crippen LogP contribution in [-0.4, -0.2) is 128 Å². The third kappa shape index (κ3) is 17.9. The molecule has 0 aromatic heterocycles. The number of carboxylic acid groups (broad SMARTS) is 1. The minimum atomic E-state index is -5.22. The minimum absolute atomic E-state index is 0.00551. The van der Waals surface area contributed by atoms with Crippen molar-refractivity contribution in [2.45, 2.75) is 147 Å². The Labute approximate surface area is 391 Å². The van der Waals surface area contributed by atoms with Crippen LogP contribution in [0.25, 0.3) is 11.1 Å². The summed E-state index contributed by atoms with van der Waals surface area (Å²) in [5.74, 6) is -7.01. The van der Waals surface area contributed by atoms with Crippen molar-refractivity contribution in [1.82, 2.24) is 31.1 Å². The van der Waals surface area contributed by atoms with E-state index in [1.807, 2.05) is 0 Å². The van der Waals surface area contributed by atoms with Crippen LogP contribution >= 0.6 is 7.82 Å². The number of carboxylic acids is 1. The van der Waals surface area contributed by atoms with E-state index < -0.39 is 98.2 Å². The molecule has 0 radical (unpaired) electrons. The van der Waals surface area contributed by atoms with E-state index in [1.165, 1.54) is 110 Å². The van der Waals surface area contributed by atoms with E-state index in [4.69, 9.17) is 4.52 Å². The molecule has 20 nitrogen and oxygen atoms in total. The Morgan fingerprint density at radius 3 is 1.99 bits per heavy atom. The van der Waals surface area contributed by atoms with Crippen molar-refractivity contribution in [2.75, 3.05) is 27.2 Å². The highest BCUT2D eigenvalue weighted by Crippen LogP contribution is 2.45. The number of phosphoric ester groups is 1. The Bertz CT molecular complexity index is 2080. The lowest BCUT2D eigenvalue weighted by Gasteiger charge is -2.30. The number of carbonyl (C=O) groups excluding carboxylic acids is 6. The van der Waals surface area contributed by atoms with E-state index in [9.17, 15) is 63.2 Å². The van der Waals surface area contributed by atoms with Gasteiger partial charge in [-0.2, -0.15) is 0 Å². The van der Waals surface area contributed by atoms with Gasteiger partial charge >= 0.3 is 13.8 Å². The second-order valence-corrected chi connectivity index (χ2v) is 18.2. The predicted octanol–water partition coefficient (Wildman–Crippen LogP) is 3.58. The van der Waals surface area contributed by atoms with E-state index in [-0.39, 0.29) is 41.0 Å². The molecule has 6 amide bonds. The fourth-order valence-electron chi connectivity index (χ4n) is 7.69. The molecule has 0 fully saturated rings. The number of phenolic OH excluding ortho intramolecular Hbond substituents is 1. The third-order valence-electron chi connectivity index (χ3n) is 11.7. The number of amides is 6. The average molecular weight is 961 g/mol. The molecule has 3 rings (SSSR count). The predicted molar refractivity (Wildman–Crippen MR) is 247 cm³/mol. The first-order chi connectivity index (χ1) is 31.7. The quantitative estimate of drug-likeness (QED) is 0.0508. The number of benzene rings is 2. The zero-order valence-electron chi connectivity index (χ0n) is 39.1. The molecule has 372 valence electrons. The SMILES string of the molecule is CCCCCCCCCCCCCCCC(=O)N(C)[C@H](CO)C(=O)N[C@H](C)C(=O)NCC(=O)N(C)[C@@H]1C(=O)N[C@@H](C)C(=O)N[C@H](C(=O)O)Cc2ccc(O)c(c2)-c2cc1ccc2OP(=O)(O)O. The van der Waals surface area contributed by atoms with Gasteiger partial charge in [-0.25, -0.2) is 9.36 Å². The fraction of sp³-hybridized carbons (Fsp3) is 0.587. The Morgan fingerprint density at radius 2 is 1.42 bits per heavy atom. The van der Waals surface area contributed by atoms with Crippen molar-refractivity contribution in [2.24, 2.45) is 0 Å². The van der Waals surface area contributed by atoms with Crippen LogP contribution in [0.1, 0.15) is 128 Å². The number of nitrogens with zero attached hydrogens (tertiary/aromatic N) is 2. The first-order valence-electron chi connectivity index (χ1n) is 22.9. The lowest BCUT2D eigenvalue weighted by molar-refractivity contribution is -0.143. The first-order valence-corrected chi connectivity index (χ1v) is 24.5. The van der Waals surface area contributed by atoms with Gasteiger partial charge in [0.15, 0.2) is 0 Å². The van der Waals surface area contributed by atoms with Gasteiger partial charge in [0, 0.05) is 38.1 Å². The van der Waals surface area contributed by atoms with Crippen LogP contribution in [-0.2, 0) is 44.5 Å². The number of rotatable bonds is 25. The molecule has 0 aliphatic carbocycles. The van der Waals surface area contributed by atoms with E-state index in [1.54, 1.807) is 0 Å². The number of carbonyl (C=O) groups is 7. The van der Waals surface area contributed by atoms with Gasteiger partial charge in [-0.05, 0) is 55.7 Å². The summed E-state index contributed by atoms with van der Waals surface area (Å²) < 4.78 is 16.9. The number of fused-ring (bicyclic) bond motifs is 5. The molecule has 1 heterocycles. The summed E-state index contributed by atoms with van der Waals surface area (Å²) in [7, 11) is -2.62. The number of aliphatic carboxylic acids is 1. The Hall–Kier alpha value is -5.56. The molecule has 0 saturated heterocycles. The van der Waals surface area contributed by atoms with Gasteiger partial charge in [0.2, 0.25) is 35.4 Å². The normalized spacial score (nSPS) is 17.2. The zero-order valence-corrected chi connectivity index (χ0v) is 40.0. The molecule has 2 aromatic rings. The molecule has 67 heavy (non-hydrogen) atoms. The number of aliphatic hydroxyl groups excluding tert-OH is 1. The third-order valence-corrected chi connectivity index (χ3v) is 12.2. The minimum Gasteiger partial charge on any atom is -0.507 e. The molecule has 0 unspecified atom stereocenters. The maximum atomic E-state index is 14.0. The molecule has 1 aliphatic heterocycles. The number of hydrogen-bond acceptors (Lipinski definition) is 11. The standard InChI is InChI=1S/C46H69N6O14P/c1-6-7-8-9-10-11-12-13-14-15-16-17-18-19-39(55)51(4)36(28-53)44(59)48-29(2)42(57)47-27-40(56)52(5)41-32-21-23-38(66-67(63,64)65)34(26-32)33-24-31(20-22-37(33)54)25-35(46(61)62)50-43(58)30(3)49-45(41)60/h20-24,26,29-30,35-36,41,53-54H,6-19,25,27-28H2,1-5H3,(H,47,57)(H,48,59)(H,49,60)(H,50,58)(H,61,62)(H2,63,64,65)/t29-,30+,35+,36-,41+/m1/s1. The number of aliphatic hydroxyl groups is 1. The van der Waals surface area contributed by atoms with Crippen LogP contribution in [0.4, 0.5) is 0 Å². The van der Waals surface area contributed by atoms with Crippen LogP contribution in [0.2, 0.25) is 0 Å². The van der Waals surface area contributed by atoms with E-state index in [2.05, 4.69) is 28.2 Å². The van der Waals surface area contributed by atoms with E-state index in [0.29, 0.717) is 6.42 Å². The Kier molecular flexibility index (Phi) is 22.7. The average Bonchev–Trinajstić information content (AvgIpc) is 3.26. The molecular weight excluding hydrogens is 892 g/mol. The van der Waals surface area contributed by atoms with Crippen molar-refractivity contribution < 1.29 is 67.8 Å². The molecule has 1 aliphatic rings. The summed E-state index contributed by atoms with van der Waals surface area (Å²) >= 11 is 0. The lowest BCUT2D eigenvalue weighted by Crippen LogP contribution is -2.55. The number of unbranched alkanes of at least 4 members (excludes halogenated alkanes) is 12. The van der Waals surface area contributed by atoms with Crippen molar-refractivity contribution in [3.63, 3.8) is 0 Å². The van der Waals surface area contributed by atoms with Gasteiger partial charge in [-0.15, -0.1) is 0 Å². The van der Waals surface area contributed by atoms with Crippen LogP contribution in [0, 0.1) is 0 Å². The highest BCUT2D eigenvalue weighted by Gasteiger charge is 2.35. The molecule has 4 bridgehead atoms. The Balaban J connectivity index is 1.69. The van der Waals surface area contributed by atoms with Crippen LogP contribution in [0.3, 0.4) is 0 Å². The maximum Gasteiger partial charge on any atom is 0.524 e. The van der Waals surface area contributed by atoms with Crippen LogP contribution in [0.5, 0.6) is 11.5 Å². The number of hydrogen-bond donors (Lipinski definition) is 9. The largest absolute Gasteiger partial charge is 0.524 e. The van der Waals surface area contributed by atoms with Crippen molar-refractivity contribution in [1.29, 1.82) is 0 Å². The van der Waals surface area contributed by atoms with Crippen molar-refractivity contribution in [3.05, 3.63) is 47.5 Å². The molecule has 21 heteroatoms. The first kappa shape index (κ1) is 55.8. The molecule has 0 saturated carbocycles. The van der Waals surface area contributed by atoms with Gasteiger partial charge in [-0.1, -0.05) is 96.1 Å². The monoisotopic (exact) mass is 960 g/mol. The number of phosphoric acid groups is 1. The van der Waals surface area contributed by atoms with Crippen LogP contribution in [0.15, 0.2) is 36.4 Å². The highest BCUT2D eigenvalue weighted by molar-refractivity contribution is 7.46. The van der Waals surface area contributed by atoms with E-state index >= 15 is 0 Å². The molecule has 5 atom stereocenters. The summed E-state index contributed by atoms with van der Waals surface area (Å²) in [6.45, 7) is 3.37. The van der Waals surface area contributed by atoms with Crippen molar-refractivity contribution in [3.8, 4) is 22.6 Å². The number of aromatic hydroxyl groups is 1. The van der Waals surface area contributed by atoms with Crippen molar-refractivity contribution >= 4 is 49.2 Å². The summed E-state index contributed by atoms with van der Waals surface area (Å²) in [6.07, 6.45) is 14.8. The second kappa shape index (κ2) is 27.3. The summed E-state index contributed by atoms with van der Waals surface area (Å²) in [4.78, 5) is 114. The molecular formula is C46H69N6O14P. The second-order valence-electron chi connectivity index (χ2n) is 17.1. The fourth-order valence-corrected chi connectivity index (χ4v) is 8.10. The summed E-state index contributed by atoms with van der Waals surface area (Å²) in [5.41, 5.74) is 0.00760. The smallest absolute Gasteiger partial charge is 0.507 e. The topological polar surface area (TPSA) is 302 Å². The Morgan fingerprint density at radius 1 is 0.821 bits per heavy atom. The van der Waals surface area contributed by atoms with Gasteiger partial charge in [0.05, 0.1) is 13.2 Å².